The molecule has 0 aromatic heterocycles. The molecule has 118 valence electrons. The Balaban J connectivity index is 2.31. The average Bonchev–Trinajstić information content (AvgIpc) is 2.37. The van der Waals surface area contributed by atoms with Crippen LogP contribution in [0.15, 0.2) is 51.8 Å². The molecule has 0 aliphatic carbocycles. The van der Waals surface area contributed by atoms with Crippen LogP contribution in [0.25, 0.3) is 0 Å². The zero-order valence-corrected chi connectivity index (χ0v) is 15.1. The first-order valence-electron chi connectivity index (χ1n) is 6.78. The standard InChI is InChI=1S/C16H19BrN2O2S/c1-16(2,3)14-9-6-12(10-15(14)17)19-22(20,21)13-7-4-11(18)5-8-13/h4-10,19H,18H2,1-3H3. The second kappa shape index (κ2) is 5.93. The zero-order chi connectivity index (χ0) is 16.5. The van der Waals surface area contributed by atoms with Crippen LogP contribution >= 0.6 is 15.9 Å². The molecule has 0 spiro atoms. The Morgan fingerprint density at radius 1 is 1.05 bits per heavy atom. The predicted octanol–water partition coefficient (Wildman–Crippen LogP) is 4.13. The molecule has 22 heavy (non-hydrogen) atoms. The summed E-state index contributed by atoms with van der Waals surface area (Å²) in [5.74, 6) is 0. The highest BCUT2D eigenvalue weighted by Crippen LogP contribution is 2.32. The lowest BCUT2D eigenvalue weighted by Crippen LogP contribution is -2.15. The number of halogens is 1. The van der Waals surface area contributed by atoms with E-state index in [0.717, 1.165) is 10.0 Å². The van der Waals surface area contributed by atoms with Gasteiger partial charge in [0.25, 0.3) is 10.0 Å². The fourth-order valence-electron chi connectivity index (χ4n) is 2.05. The molecule has 0 aliphatic rings. The predicted molar refractivity (Wildman–Crippen MR) is 94.5 cm³/mol. The minimum Gasteiger partial charge on any atom is -0.399 e. The fourth-order valence-corrected chi connectivity index (χ4v) is 4.07. The number of rotatable bonds is 3. The first-order valence-corrected chi connectivity index (χ1v) is 9.05. The van der Waals surface area contributed by atoms with Crippen molar-refractivity contribution in [1.29, 1.82) is 0 Å². The maximum Gasteiger partial charge on any atom is 0.261 e. The van der Waals surface area contributed by atoms with Crippen molar-refractivity contribution < 1.29 is 8.42 Å². The summed E-state index contributed by atoms with van der Waals surface area (Å²) in [5.41, 5.74) is 7.71. The molecule has 6 heteroatoms. The molecule has 2 rings (SSSR count). The normalized spacial score (nSPS) is 12.2. The molecule has 2 aromatic rings. The Morgan fingerprint density at radius 2 is 1.64 bits per heavy atom. The summed E-state index contributed by atoms with van der Waals surface area (Å²) in [7, 11) is -3.62. The van der Waals surface area contributed by atoms with Gasteiger partial charge in [-0.15, -0.1) is 0 Å². The summed E-state index contributed by atoms with van der Waals surface area (Å²) in [4.78, 5) is 0.178. The monoisotopic (exact) mass is 382 g/mol. The van der Waals surface area contributed by atoms with Gasteiger partial charge in [-0.1, -0.05) is 42.8 Å². The van der Waals surface area contributed by atoms with Crippen LogP contribution in [-0.2, 0) is 15.4 Å². The highest BCUT2D eigenvalue weighted by molar-refractivity contribution is 9.10. The minimum atomic E-state index is -3.62. The minimum absolute atomic E-state index is 0.0206. The molecule has 4 nitrogen and oxygen atoms in total. The lowest BCUT2D eigenvalue weighted by Gasteiger charge is -2.21. The maximum absolute atomic E-state index is 12.3. The summed E-state index contributed by atoms with van der Waals surface area (Å²) >= 11 is 3.50. The Labute approximate surface area is 139 Å². The lowest BCUT2D eigenvalue weighted by atomic mass is 9.87. The van der Waals surface area contributed by atoms with Crippen LogP contribution in [0, 0.1) is 0 Å². The maximum atomic E-state index is 12.3. The van der Waals surface area contributed by atoms with Crippen LogP contribution in [0.2, 0.25) is 0 Å². The summed E-state index contributed by atoms with van der Waals surface area (Å²) in [6.07, 6.45) is 0. The quantitative estimate of drug-likeness (QED) is 0.783. The Morgan fingerprint density at radius 3 is 2.14 bits per heavy atom. The molecule has 0 bridgehead atoms. The van der Waals surface area contributed by atoms with E-state index in [0.29, 0.717) is 11.4 Å². The van der Waals surface area contributed by atoms with Crippen LogP contribution < -0.4 is 10.5 Å². The van der Waals surface area contributed by atoms with E-state index in [1.54, 1.807) is 24.3 Å². The number of nitrogen functional groups attached to an aromatic ring is 1. The van der Waals surface area contributed by atoms with E-state index in [2.05, 4.69) is 41.4 Å². The van der Waals surface area contributed by atoms with Crippen molar-refractivity contribution in [3.8, 4) is 0 Å². The van der Waals surface area contributed by atoms with Gasteiger partial charge in [-0.3, -0.25) is 4.72 Å². The van der Waals surface area contributed by atoms with E-state index in [1.807, 2.05) is 6.07 Å². The third-order valence-electron chi connectivity index (χ3n) is 3.22. The Bertz CT molecular complexity index is 779. The second-order valence-electron chi connectivity index (χ2n) is 6.12. The molecular weight excluding hydrogens is 364 g/mol. The highest BCUT2D eigenvalue weighted by atomic mass is 79.9. The molecule has 0 saturated carbocycles. The van der Waals surface area contributed by atoms with Crippen LogP contribution in [-0.4, -0.2) is 8.42 Å². The fraction of sp³-hybridized carbons (Fsp3) is 0.250. The van der Waals surface area contributed by atoms with Gasteiger partial charge >= 0.3 is 0 Å². The lowest BCUT2D eigenvalue weighted by molar-refractivity contribution is 0.587. The third-order valence-corrected chi connectivity index (χ3v) is 5.27. The molecule has 0 aliphatic heterocycles. The van der Waals surface area contributed by atoms with Crippen molar-refractivity contribution in [2.24, 2.45) is 0 Å². The first-order chi connectivity index (χ1) is 10.1. The van der Waals surface area contributed by atoms with Gasteiger partial charge < -0.3 is 5.73 Å². The summed E-state index contributed by atoms with van der Waals surface area (Å²) in [6, 6.07) is 11.5. The molecule has 0 fully saturated rings. The highest BCUT2D eigenvalue weighted by Gasteiger charge is 2.19. The molecular formula is C16H19BrN2O2S. The van der Waals surface area contributed by atoms with Gasteiger partial charge in [-0.25, -0.2) is 8.42 Å². The molecule has 0 heterocycles. The summed E-state index contributed by atoms with van der Waals surface area (Å²) < 4.78 is 28.1. The molecule has 2 aromatic carbocycles. The molecule has 3 N–H and O–H groups in total. The molecule has 0 saturated heterocycles. The smallest absolute Gasteiger partial charge is 0.261 e. The number of nitrogens with one attached hydrogen (secondary N) is 1. The van der Waals surface area contributed by atoms with Crippen molar-refractivity contribution in [2.45, 2.75) is 31.1 Å². The number of benzene rings is 2. The van der Waals surface area contributed by atoms with E-state index < -0.39 is 10.0 Å². The van der Waals surface area contributed by atoms with Crippen molar-refractivity contribution in [3.63, 3.8) is 0 Å². The van der Waals surface area contributed by atoms with Crippen LogP contribution in [0.5, 0.6) is 0 Å². The summed E-state index contributed by atoms with van der Waals surface area (Å²) in [6.45, 7) is 6.31. The Kier molecular flexibility index (Phi) is 4.54. The van der Waals surface area contributed by atoms with E-state index in [4.69, 9.17) is 5.73 Å². The Hall–Kier alpha value is -1.53. The van der Waals surface area contributed by atoms with Gasteiger partial charge in [0.15, 0.2) is 0 Å². The summed E-state index contributed by atoms with van der Waals surface area (Å²) in [5, 5.41) is 0. The van der Waals surface area contributed by atoms with Crippen LogP contribution in [0.4, 0.5) is 11.4 Å². The van der Waals surface area contributed by atoms with E-state index in [1.165, 1.54) is 12.1 Å². The van der Waals surface area contributed by atoms with E-state index >= 15 is 0 Å². The number of anilines is 2. The van der Waals surface area contributed by atoms with Gasteiger partial charge in [0, 0.05) is 15.8 Å². The molecule has 0 amide bonds. The van der Waals surface area contributed by atoms with Gasteiger partial charge in [0.1, 0.15) is 0 Å². The van der Waals surface area contributed by atoms with Crippen molar-refractivity contribution in [2.75, 3.05) is 10.5 Å². The van der Waals surface area contributed by atoms with Crippen molar-refractivity contribution in [1.82, 2.24) is 0 Å². The van der Waals surface area contributed by atoms with Gasteiger partial charge in [0.2, 0.25) is 0 Å². The third kappa shape index (κ3) is 3.81. The molecule has 0 atom stereocenters. The van der Waals surface area contributed by atoms with Crippen molar-refractivity contribution in [3.05, 3.63) is 52.5 Å². The zero-order valence-electron chi connectivity index (χ0n) is 12.7. The van der Waals surface area contributed by atoms with Gasteiger partial charge in [0.05, 0.1) is 4.90 Å². The van der Waals surface area contributed by atoms with E-state index in [9.17, 15) is 8.42 Å². The number of sulfonamides is 1. The van der Waals surface area contributed by atoms with Crippen LogP contribution in [0.1, 0.15) is 26.3 Å². The topological polar surface area (TPSA) is 72.2 Å². The number of nitrogens with two attached hydrogens (primary N) is 1. The average molecular weight is 383 g/mol. The van der Waals surface area contributed by atoms with Gasteiger partial charge in [-0.2, -0.15) is 0 Å². The molecule has 0 radical (unpaired) electrons. The van der Waals surface area contributed by atoms with E-state index in [-0.39, 0.29) is 10.3 Å². The SMILES string of the molecule is CC(C)(C)c1ccc(NS(=O)(=O)c2ccc(N)cc2)cc1Br. The number of hydrogen-bond donors (Lipinski definition) is 2. The van der Waals surface area contributed by atoms with Gasteiger partial charge in [-0.05, 0) is 47.4 Å². The van der Waals surface area contributed by atoms with Crippen molar-refractivity contribution >= 4 is 37.3 Å². The van der Waals surface area contributed by atoms with Crippen LogP contribution in [0.3, 0.4) is 0 Å². The first kappa shape index (κ1) is 16.8. The largest absolute Gasteiger partial charge is 0.399 e. The molecule has 0 unspecified atom stereocenters. The number of hydrogen-bond acceptors (Lipinski definition) is 3. The second-order valence-corrected chi connectivity index (χ2v) is 8.66.